The molecule has 0 aromatic carbocycles. The van der Waals surface area contributed by atoms with E-state index in [1.807, 2.05) is 0 Å². The fourth-order valence-corrected chi connectivity index (χ4v) is 1.76. The molecule has 0 radical (unpaired) electrons. The molecule has 2 aromatic heterocycles. The zero-order chi connectivity index (χ0) is 18.0. The molecule has 6 nitrogen and oxygen atoms in total. The van der Waals surface area contributed by atoms with Crippen molar-refractivity contribution in [2.24, 2.45) is 0 Å². The third-order valence-electron chi connectivity index (χ3n) is 2.64. The van der Waals surface area contributed by atoms with Crippen molar-refractivity contribution in [2.75, 3.05) is 5.32 Å². The number of ether oxygens (including phenoxy) is 1. The van der Waals surface area contributed by atoms with Crippen LogP contribution in [0.3, 0.4) is 0 Å². The number of anilines is 1. The van der Waals surface area contributed by atoms with Crippen LogP contribution in [0.15, 0.2) is 30.7 Å². The zero-order valence-electron chi connectivity index (χ0n) is 13.2. The SMILES string of the molecule is CC(C)(C)OC(=O)Nc1cnc(-c2ncccc2C(F)(F)F)cn1. The van der Waals surface area contributed by atoms with Gasteiger partial charge in [0.25, 0.3) is 0 Å². The summed E-state index contributed by atoms with van der Waals surface area (Å²) < 4.78 is 44.0. The predicted molar refractivity (Wildman–Crippen MR) is 80.1 cm³/mol. The van der Waals surface area contributed by atoms with E-state index in [2.05, 4.69) is 20.3 Å². The Balaban J connectivity index is 2.21. The molecule has 0 aliphatic heterocycles. The van der Waals surface area contributed by atoms with Gasteiger partial charge in [-0.25, -0.2) is 14.8 Å². The first kappa shape index (κ1) is 17.6. The first-order valence-electron chi connectivity index (χ1n) is 6.91. The van der Waals surface area contributed by atoms with Crippen molar-refractivity contribution in [1.29, 1.82) is 0 Å². The fourth-order valence-electron chi connectivity index (χ4n) is 1.76. The molecule has 9 heteroatoms. The van der Waals surface area contributed by atoms with Gasteiger partial charge in [0.15, 0.2) is 5.82 Å². The minimum absolute atomic E-state index is 0.0532. The zero-order valence-corrected chi connectivity index (χ0v) is 13.2. The average Bonchev–Trinajstić information content (AvgIpc) is 2.45. The maximum absolute atomic E-state index is 13.0. The van der Waals surface area contributed by atoms with Gasteiger partial charge >= 0.3 is 12.3 Å². The quantitative estimate of drug-likeness (QED) is 0.897. The standard InChI is InChI=1S/C15H15F3N4O2/c1-14(2,3)24-13(23)22-11-8-20-10(7-21-11)12-9(15(16,17)18)5-4-6-19-12/h4-8H,1-3H3,(H,21,22,23). The van der Waals surface area contributed by atoms with Crippen LogP contribution < -0.4 is 5.32 Å². The number of alkyl halides is 3. The Morgan fingerprint density at radius 1 is 1.12 bits per heavy atom. The van der Waals surface area contributed by atoms with Gasteiger partial charge in [0.1, 0.15) is 17.0 Å². The van der Waals surface area contributed by atoms with Crippen LogP contribution in [0.1, 0.15) is 26.3 Å². The Hall–Kier alpha value is -2.71. The largest absolute Gasteiger partial charge is 0.444 e. The molecule has 0 saturated carbocycles. The molecule has 2 heterocycles. The number of carbonyl (C=O) groups excluding carboxylic acids is 1. The molecule has 0 atom stereocenters. The van der Waals surface area contributed by atoms with Crippen LogP contribution in [0.5, 0.6) is 0 Å². The smallest absolute Gasteiger partial charge is 0.418 e. The second-order valence-electron chi connectivity index (χ2n) is 5.81. The highest BCUT2D eigenvalue weighted by Crippen LogP contribution is 2.34. The van der Waals surface area contributed by atoms with E-state index in [-0.39, 0.29) is 17.2 Å². The summed E-state index contributed by atoms with van der Waals surface area (Å²) in [5.41, 5.74) is -1.99. The number of nitrogens with one attached hydrogen (secondary N) is 1. The fraction of sp³-hybridized carbons (Fsp3) is 0.333. The Morgan fingerprint density at radius 2 is 1.83 bits per heavy atom. The molecule has 1 N–H and O–H groups in total. The van der Waals surface area contributed by atoms with E-state index in [1.165, 1.54) is 12.3 Å². The van der Waals surface area contributed by atoms with E-state index in [9.17, 15) is 18.0 Å². The summed E-state index contributed by atoms with van der Waals surface area (Å²) in [7, 11) is 0. The normalized spacial score (nSPS) is 11.9. The van der Waals surface area contributed by atoms with Crippen LogP contribution in [0, 0.1) is 0 Å². The Morgan fingerprint density at radius 3 is 2.38 bits per heavy atom. The van der Waals surface area contributed by atoms with Crippen LogP contribution in [0.4, 0.5) is 23.8 Å². The number of rotatable bonds is 2. The van der Waals surface area contributed by atoms with Gasteiger partial charge < -0.3 is 4.74 Å². The summed E-state index contributed by atoms with van der Waals surface area (Å²) in [5, 5.41) is 2.34. The number of nitrogens with zero attached hydrogens (tertiary/aromatic N) is 3. The van der Waals surface area contributed by atoms with E-state index in [4.69, 9.17) is 4.74 Å². The molecule has 0 bridgehead atoms. The number of halogens is 3. The average molecular weight is 340 g/mol. The highest BCUT2D eigenvalue weighted by Gasteiger charge is 2.34. The van der Waals surface area contributed by atoms with Crippen LogP contribution in [0.25, 0.3) is 11.4 Å². The summed E-state index contributed by atoms with van der Waals surface area (Å²) in [6.45, 7) is 5.09. The Kier molecular flexibility index (Phi) is 4.72. The molecular formula is C15H15F3N4O2. The van der Waals surface area contributed by atoms with Crippen LogP contribution >= 0.6 is 0 Å². The van der Waals surface area contributed by atoms with Gasteiger partial charge in [-0.3, -0.25) is 10.3 Å². The number of hydrogen-bond acceptors (Lipinski definition) is 5. The monoisotopic (exact) mass is 340 g/mol. The lowest BCUT2D eigenvalue weighted by Crippen LogP contribution is -2.27. The number of aromatic nitrogens is 3. The summed E-state index contributed by atoms with van der Waals surface area (Å²) in [5.74, 6) is 0.0532. The molecule has 1 amide bonds. The van der Waals surface area contributed by atoms with Gasteiger partial charge in [0, 0.05) is 6.20 Å². The molecule has 0 aliphatic carbocycles. The molecule has 24 heavy (non-hydrogen) atoms. The van der Waals surface area contributed by atoms with Crippen molar-refractivity contribution in [3.63, 3.8) is 0 Å². The van der Waals surface area contributed by atoms with Crippen molar-refractivity contribution in [3.05, 3.63) is 36.3 Å². The first-order chi connectivity index (χ1) is 11.1. The van der Waals surface area contributed by atoms with Gasteiger partial charge in [0.05, 0.1) is 18.0 Å². The molecule has 2 rings (SSSR count). The van der Waals surface area contributed by atoms with E-state index in [1.54, 1.807) is 20.8 Å². The molecule has 0 aliphatic rings. The van der Waals surface area contributed by atoms with Gasteiger partial charge in [-0.2, -0.15) is 13.2 Å². The lowest BCUT2D eigenvalue weighted by atomic mass is 10.1. The van der Waals surface area contributed by atoms with Gasteiger partial charge in [-0.05, 0) is 32.9 Å². The number of amides is 1. The maximum atomic E-state index is 13.0. The van der Waals surface area contributed by atoms with Crippen molar-refractivity contribution in [1.82, 2.24) is 15.0 Å². The highest BCUT2D eigenvalue weighted by molar-refractivity contribution is 5.83. The molecule has 0 spiro atoms. The van der Waals surface area contributed by atoms with Crippen molar-refractivity contribution in [3.8, 4) is 11.4 Å². The number of pyridine rings is 1. The van der Waals surface area contributed by atoms with Crippen LogP contribution in [-0.4, -0.2) is 26.6 Å². The highest BCUT2D eigenvalue weighted by atomic mass is 19.4. The molecule has 0 fully saturated rings. The van der Waals surface area contributed by atoms with Crippen molar-refractivity contribution < 1.29 is 22.7 Å². The molecule has 0 saturated heterocycles. The Labute approximate surface area is 136 Å². The van der Waals surface area contributed by atoms with E-state index >= 15 is 0 Å². The van der Waals surface area contributed by atoms with E-state index in [0.29, 0.717) is 0 Å². The van der Waals surface area contributed by atoms with Crippen molar-refractivity contribution >= 4 is 11.9 Å². The lowest BCUT2D eigenvalue weighted by molar-refractivity contribution is -0.137. The second kappa shape index (κ2) is 6.42. The van der Waals surface area contributed by atoms with Crippen LogP contribution in [0.2, 0.25) is 0 Å². The predicted octanol–water partition coefficient (Wildman–Crippen LogP) is 3.90. The van der Waals surface area contributed by atoms with Gasteiger partial charge in [-0.1, -0.05) is 0 Å². The minimum atomic E-state index is -4.56. The minimum Gasteiger partial charge on any atom is -0.444 e. The van der Waals surface area contributed by atoms with E-state index < -0.39 is 23.4 Å². The number of hydrogen-bond donors (Lipinski definition) is 1. The van der Waals surface area contributed by atoms with Crippen LogP contribution in [-0.2, 0) is 10.9 Å². The Bertz CT molecular complexity index is 725. The first-order valence-corrected chi connectivity index (χ1v) is 6.91. The van der Waals surface area contributed by atoms with Gasteiger partial charge in [-0.15, -0.1) is 0 Å². The topological polar surface area (TPSA) is 77.0 Å². The number of carbonyl (C=O) groups is 1. The maximum Gasteiger partial charge on any atom is 0.418 e. The second-order valence-corrected chi connectivity index (χ2v) is 5.81. The third kappa shape index (κ3) is 4.64. The summed E-state index contributed by atoms with van der Waals surface area (Å²) >= 11 is 0. The lowest BCUT2D eigenvalue weighted by Gasteiger charge is -2.19. The summed E-state index contributed by atoms with van der Waals surface area (Å²) in [4.78, 5) is 23.1. The third-order valence-corrected chi connectivity index (χ3v) is 2.64. The molecule has 2 aromatic rings. The van der Waals surface area contributed by atoms with Gasteiger partial charge in [0.2, 0.25) is 0 Å². The summed E-state index contributed by atoms with van der Waals surface area (Å²) in [6, 6.07) is 2.11. The van der Waals surface area contributed by atoms with E-state index in [0.717, 1.165) is 18.5 Å². The summed E-state index contributed by atoms with van der Waals surface area (Å²) in [6.07, 6.45) is -1.82. The molecular weight excluding hydrogens is 325 g/mol. The molecule has 0 unspecified atom stereocenters. The van der Waals surface area contributed by atoms with Crippen molar-refractivity contribution in [2.45, 2.75) is 32.5 Å². The molecule has 128 valence electrons.